The van der Waals surface area contributed by atoms with Crippen molar-refractivity contribution in [3.05, 3.63) is 47.5 Å². The summed E-state index contributed by atoms with van der Waals surface area (Å²) in [4.78, 5) is 1.22. The number of rotatable bonds is 5. The molecule has 2 N–H and O–H groups in total. The zero-order valence-electron chi connectivity index (χ0n) is 16.3. The van der Waals surface area contributed by atoms with Crippen LogP contribution < -0.4 is 15.5 Å². The molecule has 1 saturated heterocycles. The van der Waals surface area contributed by atoms with Gasteiger partial charge in [-0.05, 0) is 30.2 Å². The van der Waals surface area contributed by atoms with Gasteiger partial charge in [-0.1, -0.05) is 25.1 Å². The van der Waals surface area contributed by atoms with Gasteiger partial charge in [-0.25, -0.2) is 8.42 Å². The summed E-state index contributed by atoms with van der Waals surface area (Å²) in [7, 11) is -4.11. The highest BCUT2D eigenvalue weighted by Crippen LogP contribution is 2.47. The first-order chi connectivity index (χ1) is 13.6. The van der Waals surface area contributed by atoms with E-state index in [-0.39, 0.29) is 17.7 Å². The summed E-state index contributed by atoms with van der Waals surface area (Å²) < 4.78 is 67.7. The van der Waals surface area contributed by atoms with E-state index in [0.29, 0.717) is 37.6 Å². The standard InChI is InChI=1S/C20H24F3N3O2S/c1-3-14-13-16(26-11-9-24-10-12-26)18(25-15-7-5-4-6-8-15)17(20(21,22)23)19(14)29(2,27)28/h4-8,13,24-25H,3,9-12H2,1-2H3. The largest absolute Gasteiger partial charge is 0.419 e. The summed E-state index contributed by atoms with van der Waals surface area (Å²) in [5.74, 6) is 0. The first-order valence-electron chi connectivity index (χ1n) is 9.37. The van der Waals surface area contributed by atoms with Crippen molar-refractivity contribution in [2.45, 2.75) is 24.4 Å². The van der Waals surface area contributed by atoms with Crippen LogP contribution in [0.5, 0.6) is 0 Å². The molecule has 0 radical (unpaired) electrons. The average molecular weight is 427 g/mol. The fourth-order valence-electron chi connectivity index (χ4n) is 3.61. The predicted molar refractivity (Wildman–Crippen MR) is 109 cm³/mol. The minimum atomic E-state index is -4.84. The summed E-state index contributed by atoms with van der Waals surface area (Å²) in [6.45, 7) is 4.00. The predicted octanol–water partition coefficient (Wildman–Crippen LogP) is 3.82. The van der Waals surface area contributed by atoms with Gasteiger partial charge in [0.05, 0.1) is 21.8 Å². The third-order valence-corrected chi connectivity index (χ3v) is 6.08. The number of para-hydroxylation sites is 1. The topological polar surface area (TPSA) is 61.4 Å². The number of anilines is 3. The van der Waals surface area contributed by atoms with Crippen LogP contribution in [0.4, 0.5) is 30.2 Å². The molecule has 0 aliphatic carbocycles. The summed E-state index contributed by atoms with van der Waals surface area (Å²) in [6.07, 6.45) is -3.84. The van der Waals surface area contributed by atoms with E-state index in [4.69, 9.17) is 0 Å². The number of nitrogens with one attached hydrogen (secondary N) is 2. The maximum Gasteiger partial charge on any atom is 0.419 e. The first-order valence-corrected chi connectivity index (χ1v) is 11.3. The number of benzene rings is 2. The molecular weight excluding hydrogens is 403 g/mol. The SMILES string of the molecule is CCc1cc(N2CCNCC2)c(Nc2ccccc2)c(C(F)(F)F)c1S(C)(=O)=O. The number of piperazine rings is 1. The number of halogens is 3. The molecule has 0 unspecified atom stereocenters. The summed E-state index contributed by atoms with van der Waals surface area (Å²) in [6, 6.07) is 10.1. The van der Waals surface area contributed by atoms with Crippen molar-refractivity contribution in [2.24, 2.45) is 0 Å². The molecule has 3 rings (SSSR count). The highest BCUT2D eigenvalue weighted by atomic mass is 32.2. The van der Waals surface area contributed by atoms with E-state index in [9.17, 15) is 21.6 Å². The second kappa shape index (κ2) is 8.23. The van der Waals surface area contributed by atoms with Gasteiger partial charge in [-0.2, -0.15) is 13.2 Å². The molecule has 1 fully saturated rings. The number of nitrogens with zero attached hydrogens (tertiary/aromatic N) is 1. The second-order valence-corrected chi connectivity index (χ2v) is 8.94. The van der Waals surface area contributed by atoms with Gasteiger partial charge in [0, 0.05) is 38.1 Å². The summed E-state index contributed by atoms with van der Waals surface area (Å²) in [5, 5.41) is 6.04. The smallest absolute Gasteiger partial charge is 0.367 e. The molecule has 5 nitrogen and oxygen atoms in total. The van der Waals surface area contributed by atoms with Gasteiger partial charge in [0.25, 0.3) is 0 Å². The average Bonchev–Trinajstić information content (AvgIpc) is 2.67. The van der Waals surface area contributed by atoms with Gasteiger partial charge in [-0.3, -0.25) is 0 Å². The van der Waals surface area contributed by atoms with Gasteiger partial charge >= 0.3 is 6.18 Å². The molecule has 0 bridgehead atoms. The van der Waals surface area contributed by atoms with Crippen LogP contribution in [0.1, 0.15) is 18.1 Å². The quantitative estimate of drug-likeness (QED) is 0.760. The van der Waals surface area contributed by atoms with E-state index in [1.165, 1.54) is 0 Å². The van der Waals surface area contributed by atoms with Crippen molar-refractivity contribution < 1.29 is 21.6 Å². The van der Waals surface area contributed by atoms with Crippen LogP contribution in [-0.2, 0) is 22.4 Å². The Labute approximate surface area is 168 Å². The molecule has 0 aromatic heterocycles. The van der Waals surface area contributed by atoms with Crippen molar-refractivity contribution in [3.63, 3.8) is 0 Å². The number of hydrogen-bond donors (Lipinski definition) is 2. The molecular formula is C20H24F3N3O2S. The van der Waals surface area contributed by atoms with E-state index < -0.39 is 26.5 Å². The van der Waals surface area contributed by atoms with Gasteiger partial charge < -0.3 is 15.5 Å². The van der Waals surface area contributed by atoms with Crippen molar-refractivity contribution in [1.29, 1.82) is 0 Å². The lowest BCUT2D eigenvalue weighted by molar-refractivity contribution is -0.139. The van der Waals surface area contributed by atoms with Crippen LogP contribution in [0.3, 0.4) is 0 Å². The maximum absolute atomic E-state index is 14.3. The molecule has 0 amide bonds. The minimum absolute atomic E-state index is 0.173. The Kier molecular flexibility index (Phi) is 6.09. The van der Waals surface area contributed by atoms with E-state index in [2.05, 4.69) is 10.6 Å². The summed E-state index contributed by atoms with van der Waals surface area (Å²) in [5.41, 5.74) is -0.350. The monoisotopic (exact) mass is 427 g/mol. The third kappa shape index (κ3) is 4.67. The lowest BCUT2D eigenvalue weighted by Gasteiger charge is -2.33. The van der Waals surface area contributed by atoms with Gasteiger partial charge in [0.1, 0.15) is 0 Å². The minimum Gasteiger partial charge on any atom is -0.367 e. The van der Waals surface area contributed by atoms with Crippen LogP contribution in [0.2, 0.25) is 0 Å². The van der Waals surface area contributed by atoms with Crippen LogP contribution in [-0.4, -0.2) is 40.9 Å². The Morgan fingerprint density at radius 3 is 2.28 bits per heavy atom. The van der Waals surface area contributed by atoms with Crippen molar-refractivity contribution in [2.75, 3.05) is 42.7 Å². The highest BCUT2D eigenvalue weighted by molar-refractivity contribution is 7.90. The normalized spacial score (nSPS) is 15.4. The van der Waals surface area contributed by atoms with Gasteiger partial charge in [0.2, 0.25) is 0 Å². The molecule has 1 heterocycles. The maximum atomic E-state index is 14.3. The third-order valence-electron chi connectivity index (χ3n) is 4.87. The van der Waals surface area contributed by atoms with E-state index in [1.54, 1.807) is 43.3 Å². The van der Waals surface area contributed by atoms with Crippen LogP contribution in [0.25, 0.3) is 0 Å². The first kappa shape index (κ1) is 21.4. The van der Waals surface area contributed by atoms with Crippen molar-refractivity contribution >= 4 is 26.9 Å². The molecule has 2 aromatic carbocycles. The van der Waals surface area contributed by atoms with Crippen LogP contribution >= 0.6 is 0 Å². The number of aryl methyl sites for hydroxylation is 1. The number of hydrogen-bond acceptors (Lipinski definition) is 5. The Hall–Kier alpha value is -2.26. The molecule has 0 saturated carbocycles. The molecule has 158 valence electrons. The van der Waals surface area contributed by atoms with E-state index >= 15 is 0 Å². The lowest BCUT2D eigenvalue weighted by atomic mass is 10.0. The molecule has 1 aliphatic heterocycles. The summed E-state index contributed by atoms with van der Waals surface area (Å²) >= 11 is 0. The molecule has 9 heteroatoms. The van der Waals surface area contributed by atoms with Crippen LogP contribution in [0, 0.1) is 0 Å². The zero-order chi connectivity index (χ0) is 21.2. The zero-order valence-corrected chi connectivity index (χ0v) is 17.1. The highest BCUT2D eigenvalue weighted by Gasteiger charge is 2.42. The Morgan fingerprint density at radius 1 is 1.14 bits per heavy atom. The second-order valence-electron chi connectivity index (χ2n) is 6.99. The van der Waals surface area contributed by atoms with Gasteiger partial charge in [0.15, 0.2) is 9.84 Å². The fraction of sp³-hybridized carbons (Fsp3) is 0.400. The lowest BCUT2D eigenvalue weighted by Crippen LogP contribution is -2.44. The Morgan fingerprint density at radius 2 is 1.76 bits per heavy atom. The Balaban J connectivity index is 2.35. The van der Waals surface area contributed by atoms with E-state index in [1.807, 2.05) is 4.90 Å². The van der Waals surface area contributed by atoms with Crippen molar-refractivity contribution in [1.82, 2.24) is 5.32 Å². The molecule has 1 aliphatic rings. The Bertz CT molecular complexity index is 971. The van der Waals surface area contributed by atoms with Gasteiger partial charge in [-0.15, -0.1) is 0 Å². The number of alkyl halides is 3. The molecule has 2 aromatic rings. The van der Waals surface area contributed by atoms with E-state index in [0.717, 1.165) is 6.26 Å². The fourth-order valence-corrected chi connectivity index (χ4v) is 4.88. The van der Waals surface area contributed by atoms with Crippen LogP contribution in [0.15, 0.2) is 41.3 Å². The molecule has 29 heavy (non-hydrogen) atoms. The molecule has 0 spiro atoms. The number of sulfone groups is 1. The van der Waals surface area contributed by atoms with Crippen molar-refractivity contribution in [3.8, 4) is 0 Å². The molecule has 0 atom stereocenters.